The minimum absolute atomic E-state index is 0.0861. The van der Waals surface area contributed by atoms with Gasteiger partial charge in [-0.1, -0.05) is 11.6 Å². The van der Waals surface area contributed by atoms with Crippen LogP contribution in [0.1, 0.15) is 25.3 Å². The molecule has 7 nitrogen and oxygen atoms in total. The van der Waals surface area contributed by atoms with Crippen LogP contribution in [0.15, 0.2) is 55.4 Å². The molecule has 8 heteroatoms. The summed E-state index contributed by atoms with van der Waals surface area (Å²) in [5.74, 6) is 0. The Kier molecular flexibility index (Phi) is 4.62. The number of hydrogen-bond acceptors (Lipinski definition) is 3. The summed E-state index contributed by atoms with van der Waals surface area (Å²) in [5.41, 5.74) is 1.40. The van der Waals surface area contributed by atoms with E-state index in [0.717, 1.165) is 24.9 Å². The molecule has 0 spiro atoms. The molecule has 2 atom stereocenters. The molecule has 2 aromatic heterocycles. The van der Waals surface area contributed by atoms with Gasteiger partial charge in [-0.15, -0.1) is 0 Å². The minimum Gasteiger partial charge on any atom is -0.333 e. The number of hydrogen-bond donors (Lipinski definition) is 2. The van der Waals surface area contributed by atoms with Gasteiger partial charge in [0.25, 0.3) is 0 Å². The molecule has 2 heterocycles. The Morgan fingerprint density at radius 1 is 1.23 bits per heavy atom. The Labute approximate surface area is 156 Å². The van der Waals surface area contributed by atoms with E-state index in [1.54, 1.807) is 29.5 Å². The summed E-state index contributed by atoms with van der Waals surface area (Å²) < 4.78 is 3.74. The monoisotopic (exact) mass is 370 g/mol. The molecule has 134 valence electrons. The number of urea groups is 1. The summed E-state index contributed by atoms with van der Waals surface area (Å²) in [7, 11) is 0. The van der Waals surface area contributed by atoms with E-state index >= 15 is 0 Å². The molecule has 0 saturated heterocycles. The molecule has 1 fully saturated rings. The molecule has 2 amide bonds. The summed E-state index contributed by atoms with van der Waals surface area (Å²) in [5, 5.41) is 10.6. The van der Waals surface area contributed by atoms with Crippen LogP contribution in [-0.2, 0) is 0 Å². The number of halogens is 1. The number of carbonyl (C=O) groups excluding carboxylic acids is 1. The molecular formula is C18H19ClN6O. The van der Waals surface area contributed by atoms with Crippen molar-refractivity contribution in [1.82, 2.24) is 24.6 Å². The van der Waals surface area contributed by atoms with Crippen molar-refractivity contribution in [1.29, 1.82) is 0 Å². The van der Waals surface area contributed by atoms with Crippen LogP contribution in [0.5, 0.6) is 0 Å². The van der Waals surface area contributed by atoms with Crippen molar-refractivity contribution in [2.75, 3.05) is 5.32 Å². The summed E-state index contributed by atoms with van der Waals surface area (Å²) >= 11 is 6.32. The van der Waals surface area contributed by atoms with Gasteiger partial charge < -0.3 is 15.2 Å². The molecule has 3 aromatic rings. The highest BCUT2D eigenvalue weighted by atomic mass is 35.5. The van der Waals surface area contributed by atoms with Crippen molar-refractivity contribution < 1.29 is 4.79 Å². The molecule has 4 rings (SSSR count). The fourth-order valence-electron chi connectivity index (χ4n) is 3.45. The lowest BCUT2D eigenvalue weighted by atomic mass is 10.2. The van der Waals surface area contributed by atoms with Crippen molar-refractivity contribution in [2.45, 2.75) is 31.3 Å². The Morgan fingerprint density at radius 2 is 2.15 bits per heavy atom. The molecule has 2 N–H and O–H groups in total. The molecule has 26 heavy (non-hydrogen) atoms. The van der Waals surface area contributed by atoms with Crippen molar-refractivity contribution in [2.24, 2.45) is 0 Å². The first kappa shape index (κ1) is 16.7. The average Bonchev–Trinajstić information content (AvgIpc) is 3.37. The fourth-order valence-corrected chi connectivity index (χ4v) is 3.72. The van der Waals surface area contributed by atoms with Gasteiger partial charge in [0.15, 0.2) is 0 Å². The van der Waals surface area contributed by atoms with Crippen LogP contribution in [0.2, 0.25) is 5.02 Å². The van der Waals surface area contributed by atoms with Crippen molar-refractivity contribution >= 4 is 23.3 Å². The SMILES string of the molecule is O=C(Nc1ccc(-n2cccn2)c(Cl)c1)N[C@H]1CCC[C@@H]1n1ccnc1. The average molecular weight is 371 g/mol. The van der Waals surface area contributed by atoms with Gasteiger partial charge in [0.2, 0.25) is 0 Å². The Morgan fingerprint density at radius 3 is 2.88 bits per heavy atom. The number of nitrogens with one attached hydrogen (secondary N) is 2. The smallest absolute Gasteiger partial charge is 0.319 e. The quantitative estimate of drug-likeness (QED) is 0.736. The van der Waals surface area contributed by atoms with Crippen molar-refractivity contribution in [3.63, 3.8) is 0 Å². The number of rotatable bonds is 4. The number of imidazole rings is 1. The standard InChI is InChI=1S/C18H19ClN6O/c19-14-11-13(5-6-16(14)25-9-2-7-21-25)22-18(26)23-15-3-1-4-17(15)24-10-8-20-12-24/h2,5-12,15,17H,1,3-4H2,(H2,22,23,26)/t15-,17-/m0/s1. The Bertz CT molecular complexity index is 877. The highest BCUT2D eigenvalue weighted by Gasteiger charge is 2.29. The minimum atomic E-state index is -0.232. The number of carbonyl (C=O) groups is 1. The third-order valence-electron chi connectivity index (χ3n) is 4.66. The van der Waals surface area contributed by atoms with E-state index in [4.69, 9.17) is 11.6 Å². The largest absolute Gasteiger partial charge is 0.333 e. The van der Waals surface area contributed by atoms with Gasteiger partial charge >= 0.3 is 6.03 Å². The summed E-state index contributed by atoms with van der Waals surface area (Å²) in [6.45, 7) is 0. The molecule has 0 aliphatic heterocycles. The van der Waals surface area contributed by atoms with E-state index < -0.39 is 0 Å². The van der Waals surface area contributed by atoms with Crippen LogP contribution in [0.3, 0.4) is 0 Å². The van der Waals surface area contributed by atoms with Gasteiger partial charge in [-0.25, -0.2) is 14.5 Å². The first-order valence-corrected chi connectivity index (χ1v) is 8.93. The van der Waals surface area contributed by atoms with Gasteiger partial charge in [-0.05, 0) is 43.5 Å². The maximum atomic E-state index is 12.4. The normalized spacial score (nSPS) is 19.4. The summed E-state index contributed by atoms with van der Waals surface area (Å²) in [4.78, 5) is 16.5. The van der Waals surface area contributed by atoms with E-state index in [1.165, 1.54) is 0 Å². The van der Waals surface area contributed by atoms with Crippen LogP contribution >= 0.6 is 11.6 Å². The second-order valence-electron chi connectivity index (χ2n) is 6.33. The maximum Gasteiger partial charge on any atom is 0.319 e. The van der Waals surface area contributed by atoms with Gasteiger partial charge in [0, 0.05) is 30.5 Å². The number of benzene rings is 1. The third kappa shape index (κ3) is 3.43. The first-order chi connectivity index (χ1) is 12.7. The van der Waals surface area contributed by atoms with E-state index in [-0.39, 0.29) is 18.1 Å². The van der Waals surface area contributed by atoms with Crippen LogP contribution in [0, 0.1) is 0 Å². The summed E-state index contributed by atoms with van der Waals surface area (Å²) in [6.07, 6.45) is 12.1. The molecule has 1 aliphatic carbocycles. The third-order valence-corrected chi connectivity index (χ3v) is 4.96. The highest BCUT2D eigenvalue weighted by Crippen LogP contribution is 2.30. The zero-order valence-electron chi connectivity index (χ0n) is 14.0. The predicted molar refractivity (Wildman–Crippen MR) is 99.6 cm³/mol. The Hall–Kier alpha value is -2.80. The van der Waals surface area contributed by atoms with Crippen LogP contribution in [-0.4, -0.2) is 31.4 Å². The molecule has 0 unspecified atom stereocenters. The number of amides is 2. The zero-order chi connectivity index (χ0) is 17.9. The molecule has 0 radical (unpaired) electrons. The van der Waals surface area contributed by atoms with Crippen molar-refractivity contribution in [3.8, 4) is 5.69 Å². The number of anilines is 1. The molecule has 0 bridgehead atoms. The molecular weight excluding hydrogens is 352 g/mol. The summed E-state index contributed by atoms with van der Waals surface area (Å²) in [6, 6.07) is 7.29. The van der Waals surface area contributed by atoms with Crippen molar-refractivity contribution in [3.05, 3.63) is 60.4 Å². The maximum absolute atomic E-state index is 12.4. The van der Waals surface area contributed by atoms with Crippen LogP contribution in [0.25, 0.3) is 5.69 Å². The molecule has 1 aliphatic rings. The van der Waals surface area contributed by atoms with Gasteiger partial charge in [0.1, 0.15) is 0 Å². The second kappa shape index (κ2) is 7.21. The van der Waals surface area contributed by atoms with Crippen LogP contribution in [0.4, 0.5) is 10.5 Å². The van der Waals surface area contributed by atoms with E-state index in [1.807, 2.05) is 30.6 Å². The fraction of sp³-hybridized carbons (Fsp3) is 0.278. The topological polar surface area (TPSA) is 76.8 Å². The van der Waals surface area contributed by atoms with Gasteiger partial charge in [-0.3, -0.25) is 0 Å². The van der Waals surface area contributed by atoms with Gasteiger partial charge in [0.05, 0.1) is 29.1 Å². The number of nitrogens with zero attached hydrogens (tertiary/aromatic N) is 4. The lowest BCUT2D eigenvalue weighted by molar-refractivity contribution is 0.245. The van der Waals surface area contributed by atoms with E-state index in [2.05, 4.69) is 25.3 Å². The molecule has 1 saturated carbocycles. The van der Waals surface area contributed by atoms with E-state index in [0.29, 0.717) is 10.7 Å². The predicted octanol–water partition coefficient (Wildman–Crippen LogP) is 3.64. The van der Waals surface area contributed by atoms with Crippen LogP contribution < -0.4 is 10.6 Å². The molecule has 1 aromatic carbocycles. The lowest BCUT2D eigenvalue weighted by Crippen LogP contribution is -2.40. The van der Waals surface area contributed by atoms with Gasteiger partial charge in [-0.2, -0.15) is 5.10 Å². The lowest BCUT2D eigenvalue weighted by Gasteiger charge is -2.22. The van der Waals surface area contributed by atoms with E-state index in [9.17, 15) is 4.79 Å². The second-order valence-corrected chi connectivity index (χ2v) is 6.74. The number of aromatic nitrogens is 4. The Balaban J connectivity index is 1.41. The first-order valence-electron chi connectivity index (χ1n) is 8.55. The zero-order valence-corrected chi connectivity index (χ0v) is 14.8. The highest BCUT2D eigenvalue weighted by molar-refractivity contribution is 6.32.